The summed E-state index contributed by atoms with van der Waals surface area (Å²) in [5.74, 6) is 1.81. The van der Waals surface area contributed by atoms with Crippen molar-refractivity contribution in [3.8, 4) is 0 Å². The van der Waals surface area contributed by atoms with E-state index in [9.17, 15) is 4.79 Å². The number of nitrogens with zero attached hydrogens (tertiary/aromatic N) is 2. The highest BCUT2D eigenvalue weighted by atomic mass is 16.1. The van der Waals surface area contributed by atoms with Crippen LogP contribution in [0.15, 0.2) is 24.3 Å². The normalized spacial score (nSPS) is 22.0. The van der Waals surface area contributed by atoms with Crippen LogP contribution in [0.25, 0.3) is 11.0 Å². The number of carbonyl (C=O) groups is 1. The van der Waals surface area contributed by atoms with Crippen molar-refractivity contribution in [2.24, 2.45) is 11.8 Å². The molecule has 0 radical (unpaired) electrons. The van der Waals surface area contributed by atoms with E-state index >= 15 is 0 Å². The lowest BCUT2D eigenvalue weighted by Crippen LogP contribution is -2.24. The molecule has 1 aromatic carbocycles. The van der Waals surface area contributed by atoms with E-state index in [1.54, 1.807) is 0 Å². The lowest BCUT2D eigenvalue weighted by molar-refractivity contribution is -0.122. The van der Waals surface area contributed by atoms with Gasteiger partial charge in [0.1, 0.15) is 11.6 Å². The average Bonchev–Trinajstić information content (AvgIpc) is 3.04. The largest absolute Gasteiger partial charge is 0.328 e. The molecule has 1 saturated heterocycles. The number of ketones is 1. The van der Waals surface area contributed by atoms with Crippen LogP contribution in [0.4, 0.5) is 0 Å². The number of aromatic nitrogens is 2. The van der Waals surface area contributed by atoms with Gasteiger partial charge in [0.25, 0.3) is 0 Å². The first-order valence-corrected chi connectivity index (χ1v) is 7.88. The van der Waals surface area contributed by atoms with Crippen molar-refractivity contribution in [2.45, 2.75) is 33.2 Å². The Morgan fingerprint density at radius 3 is 2.90 bits per heavy atom. The van der Waals surface area contributed by atoms with Gasteiger partial charge in [-0.05, 0) is 31.0 Å². The molecule has 2 unspecified atom stereocenters. The van der Waals surface area contributed by atoms with Crippen LogP contribution in [0.3, 0.4) is 0 Å². The maximum atomic E-state index is 12.6. The Bertz CT molecular complexity index is 647. The van der Waals surface area contributed by atoms with Gasteiger partial charge in [0.05, 0.1) is 17.5 Å². The molecular formula is C17H23N3O. The van der Waals surface area contributed by atoms with Gasteiger partial charge in [-0.25, -0.2) is 4.98 Å². The number of carbonyl (C=O) groups excluding carboxylic acids is 1. The quantitative estimate of drug-likeness (QED) is 0.917. The van der Waals surface area contributed by atoms with Crippen molar-refractivity contribution >= 4 is 16.8 Å². The minimum Gasteiger partial charge on any atom is -0.328 e. The van der Waals surface area contributed by atoms with Crippen molar-refractivity contribution in [1.82, 2.24) is 14.9 Å². The second kappa shape index (κ2) is 5.98. The highest BCUT2D eigenvalue weighted by molar-refractivity contribution is 5.85. The summed E-state index contributed by atoms with van der Waals surface area (Å²) in [6, 6.07) is 8.14. The van der Waals surface area contributed by atoms with Crippen LogP contribution in [0.1, 0.15) is 26.1 Å². The molecule has 0 aliphatic carbocycles. The summed E-state index contributed by atoms with van der Waals surface area (Å²) in [6.07, 6.45) is 1.49. The van der Waals surface area contributed by atoms with E-state index in [-0.39, 0.29) is 5.92 Å². The Morgan fingerprint density at radius 1 is 1.38 bits per heavy atom. The van der Waals surface area contributed by atoms with Crippen molar-refractivity contribution < 1.29 is 4.79 Å². The number of hydrogen-bond donors (Lipinski definition) is 1. The molecule has 1 fully saturated rings. The topological polar surface area (TPSA) is 46.9 Å². The van der Waals surface area contributed by atoms with Gasteiger partial charge in [0.15, 0.2) is 0 Å². The van der Waals surface area contributed by atoms with Crippen molar-refractivity contribution in [3.63, 3.8) is 0 Å². The van der Waals surface area contributed by atoms with E-state index < -0.39 is 0 Å². The Morgan fingerprint density at radius 2 is 2.19 bits per heavy atom. The molecule has 1 aliphatic rings. The average molecular weight is 285 g/mol. The van der Waals surface area contributed by atoms with E-state index in [0.29, 0.717) is 18.1 Å². The molecule has 0 spiro atoms. The second-order valence-corrected chi connectivity index (χ2v) is 6.05. The predicted molar refractivity (Wildman–Crippen MR) is 84.3 cm³/mol. The fraction of sp³-hybridized carbons (Fsp3) is 0.529. The van der Waals surface area contributed by atoms with E-state index in [1.807, 2.05) is 18.2 Å². The van der Waals surface area contributed by atoms with Gasteiger partial charge in [-0.1, -0.05) is 26.0 Å². The number of Topliss-reactive ketones (excluding diaryl/α,β-unsaturated/α-hetero) is 1. The van der Waals surface area contributed by atoms with Crippen LogP contribution in [-0.2, 0) is 17.8 Å². The third-order valence-electron chi connectivity index (χ3n) is 4.44. The van der Waals surface area contributed by atoms with Gasteiger partial charge in [0, 0.05) is 19.0 Å². The SMILES string of the molecule is CCCn1c(CC(=O)C2CNCC2C)nc2ccccc21. The molecule has 2 atom stereocenters. The van der Waals surface area contributed by atoms with E-state index in [4.69, 9.17) is 0 Å². The first-order valence-electron chi connectivity index (χ1n) is 7.88. The summed E-state index contributed by atoms with van der Waals surface area (Å²) < 4.78 is 2.21. The van der Waals surface area contributed by atoms with Crippen molar-refractivity contribution in [1.29, 1.82) is 0 Å². The van der Waals surface area contributed by atoms with E-state index in [0.717, 1.165) is 42.9 Å². The van der Waals surface area contributed by atoms with Gasteiger partial charge in [-0.2, -0.15) is 0 Å². The smallest absolute Gasteiger partial charge is 0.145 e. The van der Waals surface area contributed by atoms with Crippen molar-refractivity contribution in [3.05, 3.63) is 30.1 Å². The standard InChI is InChI=1S/C17H23N3O/c1-3-8-20-15-7-5-4-6-14(15)19-17(20)9-16(21)13-11-18-10-12(13)2/h4-7,12-13,18H,3,8-11H2,1-2H3. The summed E-state index contributed by atoms with van der Waals surface area (Å²) in [5, 5.41) is 3.31. The van der Waals surface area contributed by atoms with Gasteiger partial charge < -0.3 is 9.88 Å². The Labute approximate surface area is 125 Å². The van der Waals surface area contributed by atoms with Gasteiger partial charge in [-0.15, -0.1) is 0 Å². The number of aryl methyl sites for hydroxylation is 1. The lowest BCUT2D eigenvalue weighted by Gasteiger charge is -2.13. The van der Waals surface area contributed by atoms with Gasteiger partial charge >= 0.3 is 0 Å². The van der Waals surface area contributed by atoms with E-state index in [1.165, 1.54) is 0 Å². The minimum absolute atomic E-state index is 0.139. The summed E-state index contributed by atoms with van der Waals surface area (Å²) in [7, 11) is 0. The number of rotatable bonds is 5. The molecule has 0 bridgehead atoms. The predicted octanol–water partition coefficient (Wildman–Crippen LogP) is 2.41. The second-order valence-electron chi connectivity index (χ2n) is 6.05. The molecule has 112 valence electrons. The summed E-state index contributed by atoms with van der Waals surface area (Å²) in [5.41, 5.74) is 2.13. The molecule has 4 nitrogen and oxygen atoms in total. The number of hydrogen-bond acceptors (Lipinski definition) is 3. The third-order valence-corrected chi connectivity index (χ3v) is 4.44. The number of nitrogens with one attached hydrogen (secondary N) is 1. The fourth-order valence-corrected chi connectivity index (χ4v) is 3.26. The van der Waals surface area contributed by atoms with Crippen LogP contribution in [0.5, 0.6) is 0 Å². The number of fused-ring (bicyclic) bond motifs is 1. The molecular weight excluding hydrogens is 262 g/mol. The minimum atomic E-state index is 0.139. The summed E-state index contributed by atoms with van der Waals surface area (Å²) in [4.78, 5) is 17.3. The number of imidazole rings is 1. The molecule has 2 heterocycles. The van der Waals surface area contributed by atoms with Crippen molar-refractivity contribution in [2.75, 3.05) is 13.1 Å². The zero-order valence-corrected chi connectivity index (χ0v) is 12.8. The monoisotopic (exact) mass is 285 g/mol. The number of para-hydroxylation sites is 2. The third kappa shape index (κ3) is 2.72. The molecule has 0 saturated carbocycles. The Kier molecular flexibility index (Phi) is 4.06. The lowest BCUT2D eigenvalue weighted by atomic mass is 9.92. The zero-order chi connectivity index (χ0) is 14.8. The highest BCUT2D eigenvalue weighted by Crippen LogP contribution is 2.21. The molecule has 21 heavy (non-hydrogen) atoms. The van der Waals surface area contributed by atoms with Crippen LogP contribution in [0.2, 0.25) is 0 Å². The van der Waals surface area contributed by atoms with Gasteiger partial charge in [-0.3, -0.25) is 4.79 Å². The first-order chi connectivity index (χ1) is 10.2. The zero-order valence-electron chi connectivity index (χ0n) is 12.8. The van der Waals surface area contributed by atoms with Crippen LogP contribution in [0, 0.1) is 11.8 Å². The molecule has 1 aliphatic heterocycles. The Hall–Kier alpha value is -1.68. The Balaban J connectivity index is 1.89. The highest BCUT2D eigenvalue weighted by Gasteiger charge is 2.30. The molecule has 0 amide bonds. The fourth-order valence-electron chi connectivity index (χ4n) is 3.26. The molecule has 3 rings (SSSR count). The maximum Gasteiger partial charge on any atom is 0.145 e. The van der Waals surface area contributed by atoms with Crippen LogP contribution in [-0.4, -0.2) is 28.4 Å². The van der Waals surface area contributed by atoms with Gasteiger partial charge in [0.2, 0.25) is 0 Å². The molecule has 4 heteroatoms. The number of benzene rings is 1. The summed E-state index contributed by atoms with van der Waals surface area (Å²) in [6.45, 7) is 6.98. The van der Waals surface area contributed by atoms with Crippen LogP contribution < -0.4 is 5.32 Å². The van der Waals surface area contributed by atoms with E-state index in [2.05, 4.69) is 34.8 Å². The maximum absolute atomic E-state index is 12.6. The first kappa shape index (κ1) is 14.3. The molecule has 1 N–H and O–H groups in total. The summed E-state index contributed by atoms with van der Waals surface area (Å²) >= 11 is 0. The molecule has 1 aromatic heterocycles. The van der Waals surface area contributed by atoms with Crippen LogP contribution >= 0.6 is 0 Å². The molecule has 2 aromatic rings.